The molecule has 9 nitrogen and oxygen atoms in total. The van der Waals surface area contributed by atoms with Gasteiger partial charge < -0.3 is 14.2 Å². The lowest BCUT2D eigenvalue weighted by molar-refractivity contribution is 0.0425. The molecule has 0 aromatic heterocycles. The molecule has 3 aromatic rings. The lowest BCUT2D eigenvalue weighted by Crippen LogP contribution is -1.96. The molecule has 0 saturated carbocycles. The average molecular weight is 444 g/mol. The summed E-state index contributed by atoms with van der Waals surface area (Å²) in [6, 6.07) is 19.6. The van der Waals surface area contributed by atoms with Crippen LogP contribution in [0.3, 0.4) is 0 Å². The maximum absolute atomic E-state index is 10.8. The first kappa shape index (κ1) is 21.3. The number of rotatable bonds is 0. The van der Waals surface area contributed by atoms with Crippen LogP contribution in [0.15, 0.2) is 72.8 Å². The number of hydrogen-bond acceptors (Lipinski definition) is 9. The summed E-state index contributed by atoms with van der Waals surface area (Å²) in [5.41, 5.74) is 2.15. The molecule has 0 N–H and O–H groups in total. The molecule has 0 atom stereocenters. The highest BCUT2D eigenvalue weighted by atomic mass is 16.6. The lowest BCUT2D eigenvalue weighted by atomic mass is 10.1. The van der Waals surface area contributed by atoms with Crippen LogP contribution in [0.5, 0.6) is 0 Å². The number of cyclic esters (lactones) is 6. The van der Waals surface area contributed by atoms with Gasteiger partial charge in [-0.05, 0) is 36.4 Å². The molecule has 3 heterocycles. The van der Waals surface area contributed by atoms with E-state index in [-0.39, 0.29) is 0 Å². The third-order valence-corrected chi connectivity index (χ3v) is 4.66. The van der Waals surface area contributed by atoms with Gasteiger partial charge in [0.1, 0.15) is 0 Å². The lowest BCUT2D eigenvalue weighted by Gasteiger charge is -1.86. The average Bonchev–Trinajstić information content (AvgIpc) is 3.41. The fourth-order valence-corrected chi connectivity index (χ4v) is 3.10. The molecule has 0 amide bonds. The summed E-state index contributed by atoms with van der Waals surface area (Å²) in [5, 5.41) is 0. The van der Waals surface area contributed by atoms with E-state index in [1.165, 1.54) is 0 Å². The van der Waals surface area contributed by atoms with E-state index in [2.05, 4.69) is 14.2 Å². The van der Waals surface area contributed by atoms with Crippen LogP contribution in [-0.4, -0.2) is 35.8 Å². The largest absolute Gasteiger partial charge is 0.386 e. The first-order valence-corrected chi connectivity index (χ1v) is 9.43. The molecule has 0 spiro atoms. The predicted molar refractivity (Wildman–Crippen MR) is 109 cm³/mol. The molecule has 0 fully saturated rings. The summed E-state index contributed by atoms with van der Waals surface area (Å²) >= 11 is 0. The van der Waals surface area contributed by atoms with Crippen LogP contribution in [0.2, 0.25) is 0 Å². The molecule has 3 aliphatic rings. The van der Waals surface area contributed by atoms with E-state index in [1.807, 2.05) is 0 Å². The first-order valence-electron chi connectivity index (χ1n) is 9.43. The zero-order chi connectivity index (χ0) is 23.5. The van der Waals surface area contributed by atoms with Gasteiger partial charge in [0.2, 0.25) is 0 Å². The van der Waals surface area contributed by atoms with E-state index in [0.717, 1.165) is 0 Å². The van der Waals surface area contributed by atoms with E-state index in [4.69, 9.17) is 0 Å². The summed E-state index contributed by atoms with van der Waals surface area (Å²) in [7, 11) is 0. The highest BCUT2D eigenvalue weighted by molar-refractivity contribution is 6.15. The molecular weight excluding hydrogens is 432 g/mol. The Bertz CT molecular complexity index is 1090. The first-order chi connectivity index (χ1) is 15.9. The molecule has 0 aliphatic carbocycles. The van der Waals surface area contributed by atoms with Crippen molar-refractivity contribution < 1.29 is 43.0 Å². The number of carbonyl (C=O) groups excluding carboxylic acids is 6. The normalized spacial score (nSPS) is 14.5. The summed E-state index contributed by atoms with van der Waals surface area (Å²) in [5.74, 6) is -3.30. The fraction of sp³-hybridized carbons (Fsp3) is 0. The van der Waals surface area contributed by atoms with E-state index >= 15 is 0 Å². The van der Waals surface area contributed by atoms with E-state index < -0.39 is 35.8 Å². The Morgan fingerprint density at radius 1 is 0.303 bits per heavy atom. The molecule has 6 rings (SSSR count). The van der Waals surface area contributed by atoms with E-state index in [0.29, 0.717) is 33.4 Å². The summed E-state index contributed by atoms with van der Waals surface area (Å²) in [6.07, 6.45) is 0. The number of fused-ring (bicyclic) bond motifs is 3. The molecule has 33 heavy (non-hydrogen) atoms. The minimum absolute atomic E-state index is 0.359. The SMILES string of the molecule is O=C1OC(=O)c2ccccc21.O=C1OC(=O)c2ccccc21.O=C1OC(=O)c2ccccc21. The van der Waals surface area contributed by atoms with Gasteiger partial charge in [-0.25, -0.2) is 28.8 Å². The van der Waals surface area contributed by atoms with Crippen molar-refractivity contribution in [3.63, 3.8) is 0 Å². The van der Waals surface area contributed by atoms with Gasteiger partial charge in [-0.15, -0.1) is 0 Å². The highest BCUT2D eigenvalue weighted by Crippen LogP contribution is 2.20. The number of esters is 6. The number of benzene rings is 3. The molecule has 162 valence electrons. The van der Waals surface area contributed by atoms with Crippen molar-refractivity contribution in [3.05, 3.63) is 106 Å². The standard InChI is InChI=1S/3C8H4O3/c3*9-7-5-3-1-2-4-6(5)8(10)11-7/h3*1-4H. The Hall–Kier alpha value is -4.92. The Labute approximate surface area is 185 Å². The summed E-state index contributed by atoms with van der Waals surface area (Å²) in [6.45, 7) is 0. The van der Waals surface area contributed by atoms with Crippen LogP contribution < -0.4 is 0 Å². The van der Waals surface area contributed by atoms with Gasteiger partial charge >= 0.3 is 35.8 Å². The molecule has 0 saturated heterocycles. The Balaban J connectivity index is 0.000000118. The number of hydrogen-bond donors (Lipinski definition) is 0. The van der Waals surface area contributed by atoms with Crippen molar-refractivity contribution in [3.8, 4) is 0 Å². The van der Waals surface area contributed by atoms with Crippen molar-refractivity contribution >= 4 is 35.8 Å². The maximum Gasteiger partial charge on any atom is 0.346 e. The van der Waals surface area contributed by atoms with Crippen LogP contribution in [0.25, 0.3) is 0 Å². The van der Waals surface area contributed by atoms with Gasteiger partial charge in [0.05, 0.1) is 33.4 Å². The fourth-order valence-electron chi connectivity index (χ4n) is 3.10. The van der Waals surface area contributed by atoms with Crippen LogP contribution in [-0.2, 0) is 14.2 Å². The topological polar surface area (TPSA) is 130 Å². The van der Waals surface area contributed by atoms with Crippen molar-refractivity contribution in [2.45, 2.75) is 0 Å². The molecular formula is C24H12O9. The Morgan fingerprint density at radius 2 is 0.455 bits per heavy atom. The predicted octanol–water partition coefficient (Wildman–Crippen LogP) is 2.99. The zero-order valence-corrected chi connectivity index (χ0v) is 16.6. The zero-order valence-electron chi connectivity index (χ0n) is 16.6. The summed E-state index contributed by atoms with van der Waals surface area (Å²) < 4.78 is 13.1. The van der Waals surface area contributed by atoms with Crippen LogP contribution >= 0.6 is 0 Å². The van der Waals surface area contributed by atoms with Gasteiger partial charge in [-0.3, -0.25) is 0 Å². The number of ether oxygens (including phenoxy) is 3. The Kier molecular flexibility index (Phi) is 5.60. The van der Waals surface area contributed by atoms with Gasteiger partial charge in [0.25, 0.3) is 0 Å². The van der Waals surface area contributed by atoms with Crippen molar-refractivity contribution in [1.29, 1.82) is 0 Å². The maximum atomic E-state index is 10.8. The molecule has 0 bridgehead atoms. The van der Waals surface area contributed by atoms with Gasteiger partial charge in [-0.1, -0.05) is 36.4 Å². The second-order valence-corrected chi connectivity index (χ2v) is 6.67. The number of carbonyl (C=O) groups is 6. The van der Waals surface area contributed by atoms with Gasteiger partial charge in [0.15, 0.2) is 0 Å². The van der Waals surface area contributed by atoms with E-state index in [1.54, 1.807) is 72.8 Å². The quantitative estimate of drug-likeness (QED) is 0.292. The third-order valence-electron chi connectivity index (χ3n) is 4.66. The minimum Gasteiger partial charge on any atom is -0.386 e. The monoisotopic (exact) mass is 444 g/mol. The minimum atomic E-state index is -0.550. The molecule has 9 heteroatoms. The summed E-state index contributed by atoms with van der Waals surface area (Å²) in [4.78, 5) is 65.0. The van der Waals surface area contributed by atoms with Crippen molar-refractivity contribution in [1.82, 2.24) is 0 Å². The second-order valence-electron chi connectivity index (χ2n) is 6.67. The highest BCUT2D eigenvalue weighted by Gasteiger charge is 2.29. The second kappa shape index (κ2) is 8.67. The Morgan fingerprint density at radius 3 is 0.606 bits per heavy atom. The van der Waals surface area contributed by atoms with Gasteiger partial charge in [-0.2, -0.15) is 0 Å². The molecule has 3 aliphatic heterocycles. The third kappa shape index (κ3) is 4.15. The van der Waals surface area contributed by atoms with Crippen molar-refractivity contribution in [2.75, 3.05) is 0 Å². The van der Waals surface area contributed by atoms with E-state index in [9.17, 15) is 28.8 Å². The van der Waals surface area contributed by atoms with Crippen LogP contribution in [0.1, 0.15) is 62.1 Å². The van der Waals surface area contributed by atoms with Crippen LogP contribution in [0.4, 0.5) is 0 Å². The molecule has 3 aromatic carbocycles. The smallest absolute Gasteiger partial charge is 0.346 e. The molecule has 0 radical (unpaired) electrons. The van der Waals surface area contributed by atoms with Crippen molar-refractivity contribution in [2.24, 2.45) is 0 Å². The van der Waals surface area contributed by atoms with Gasteiger partial charge in [0, 0.05) is 0 Å². The van der Waals surface area contributed by atoms with Crippen LogP contribution in [0, 0.1) is 0 Å². The molecule has 0 unspecified atom stereocenters.